The minimum Gasteiger partial charge on any atom is -0.857 e. The number of anilines is 1. The standard InChI is InChI=1S/C22H27N8O10PS3.2Na/c1-5-39-41(37,40-6-2)28-21-23-11(9-43-21)12(27-38-4)15(31)24-13-18(34)30-14(20(35)36)10(7-42-19(13)30)8-44-22-25-16(32)17(33)26-29(22)3;;/h9,13,19H,5-8H2,1-4H3,(H,24,31)(H,26,33)(H,35,36)(H,23,28,37);;/q;2*+1/p-2/b27-12-;;/t13-,19-;;/m1../s1. The van der Waals surface area contributed by atoms with Gasteiger partial charge in [0.2, 0.25) is 0 Å². The molecule has 0 spiro atoms. The maximum absolute atomic E-state index is 13.2. The number of fused-ring (bicyclic) bond motifs is 1. The number of nitrogens with zero attached hydrogens (tertiary/aromatic N) is 6. The number of carboxylic acids is 1. The molecule has 2 aromatic rings. The number of hydrogen-bond acceptors (Lipinski definition) is 17. The van der Waals surface area contributed by atoms with Gasteiger partial charge in [-0.25, -0.2) is 9.55 Å². The summed E-state index contributed by atoms with van der Waals surface area (Å²) in [6.07, 6.45) is 0. The molecule has 0 radical (unpaired) electrons. The molecule has 2 atom stereocenters. The Hall–Kier alpha value is -1.49. The molecule has 0 aromatic carbocycles. The molecular formula is C22H25N8Na2O10PS3. The van der Waals surface area contributed by atoms with Gasteiger partial charge >= 0.3 is 78.0 Å². The van der Waals surface area contributed by atoms with Gasteiger partial charge < -0.3 is 19.8 Å². The number of aliphatic carboxylic acids is 1. The Kier molecular flexibility index (Phi) is 15.7. The number of thiazole rings is 1. The number of H-pyrrole nitrogens is 1. The molecule has 2 aromatic heterocycles. The van der Waals surface area contributed by atoms with E-state index in [1.54, 1.807) is 13.8 Å². The van der Waals surface area contributed by atoms with Crippen LogP contribution in [-0.2, 0) is 35.1 Å². The fourth-order valence-electron chi connectivity index (χ4n) is 3.96. The molecule has 2 N–H and O–H groups in total. The van der Waals surface area contributed by atoms with Gasteiger partial charge in [0.05, 0.1) is 24.9 Å². The van der Waals surface area contributed by atoms with Crippen LogP contribution in [0.4, 0.5) is 5.13 Å². The Morgan fingerprint density at radius 1 is 1.22 bits per heavy atom. The zero-order chi connectivity index (χ0) is 32.2. The second-order valence-corrected chi connectivity index (χ2v) is 13.3. The van der Waals surface area contributed by atoms with E-state index in [1.807, 2.05) is 0 Å². The van der Waals surface area contributed by atoms with Crippen LogP contribution in [0.25, 0.3) is 0 Å². The van der Waals surface area contributed by atoms with E-state index in [-0.39, 0.29) is 111 Å². The zero-order valence-corrected chi connectivity index (χ0v) is 32.8. The largest absolute Gasteiger partial charge is 1.00 e. The summed E-state index contributed by atoms with van der Waals surface area (Å²) >= 11 is 3.14. The summed E-state index contributed by atoms with van der Waals surface area (Å²) in [6.45, 7) is 3.48. The van der Waals surface area contributed by atoms with E-state index in [0.29, 0.717) is 5.57 Å². The number of amides is 1. The number of carbonyl (C=O) groups excluding carboxylic acids is 2. The Morgan fingerprint density at radius 2 is 1.89 bits per heavy atom. The van der Waals surface area contributed by atoms with Crippen molar-refractivity contribution in [2.75, 3.05) is 36.9 Å². The van der Waals surface area contributed by atoms with Crippen LogP contribution in [0, 0.1) is 0 Å². The first-order valence-corrected chi connectivity index (χ1v) is 17.1. The van der Waals surface area contributed by atoms with Crippen LogP contribution >= 0.6 is 42.6 Å². The van der Waals surface area contributed by atoms with Gasteiger partial charge in [-0.3, -0.25) is 48.2 Å². The fourth-order valence-corrected chi connectivity index (χ4v) is 8.60. The quantitative estimate of drug-likeness (QED) is 0.0268. The molecule has 238 valence electrons. The molecule has 0 unspecified atom stereocenters. The van der Waals surface area contributed by atoms with Gasteiger partial charge in [0.1, 0.15) is 23.9 Å². The molecule has 1 saturated heterocycles. The molecule has 2 aliphatic heterocycles. The molecule has 24 heteroatoms. The van der Waals surface area contributed by atoms with Crippen molar-refractivity contribution in [1.82, 2.24) is 24.6 Å². The second kappa shape index (κ2) is 17.8. The molecule has 4 heterocycles. The van der Waals surface area contributed by atoms with Crippen molar-refractivity contribution in [1.29, 1.82) is 0 Å². The number of oxime groups is 1. The van der Waals surface area contributed by atoms with Crippen molar-refractivity contribution in [2.45, 2.75) is 30.4 Å². The van der Waals surface area contributed by atoms with Crippen molar-refractivity contribution in [2.24, 2.45) is 17.2 Å². The van der Waals surface area contributed by atoms with Crippen LogP contribution < -0.4 is 85.5 Å². The summed E-state index contributed by atoms with van der Waals surface area (Å²) in [6, 6.07) is -1.23. The number of carbonyl (C=O) groups is 2. The number of carboxylic acid groups (broad SMARTS) is 1. The maximum Gasteiger partial charge on any atom is 1.00 e. The Bertz CT molecular complexity index is 1700. The normalized spacial score (nSPS) is 18.3. The number of β-lactam (4-membered cyclic amide) rings is 1. The van der Waals surface area contributed by atoms with Crippen LogP contribution in [0.3, 0.4) is 0 Å². The Morgan fingerprint density at radius 3 is 2.50 bits per heavy atom. The van der Waals surface area contributed by atoms with Gasteiger partial charge in [0.15, 0.2) is 16.3 Å². The molecule has 0 aliphatic carbocycles. The average molecular weight is 735 g/mol. The molecule has 2 aliphatic rings. The third-order valence-corrected chi connectivity index (χ3v) is 10.8. The van der Waals surface area contributed by atoms with Crippen molar-refractivity contribution in [3.63, 3.8) is 0 Å². The second-order valence-electron chi connectivity index (χ2n) is 8.62. The first-order valence-electron chi connectivity index (χ1n) is 12.6. The molecule has 18 nitrogen and oxygen atoms in total. The topological polar surface area (TPSA) is 246 Å². The van der Waals surface area contributed by atoms with Crippen LogP contribution in [0.2, 0.25) is 0 Å². The van der Waals surface area contributed by atoms with E-state index in [2.05, 4.69) is 30.3 Å². The maximum atomic E-state index is 13.2. The summed E-state index contributed by atoms with van der Waals surface area (Å²) in [5, 5.41) is 34.7. The van der Waals surface area contributed by atoms with E-state index in [9.17, 15) is 34.0 Å². The first kappa shape index (κ1) is 40.7. The van der Waals surface area contributed by atoms with E-state index >= 15 is 0 Å². The number of hydrogen-bond donors (Lipinski definition) is 2. The Balaban J connectivity index is 0.00000368. The molecule has 0 saturated carbocycles. The van der Waals surface area contributed by atoms with Crippen molar-refractivity contribution in [3.8, 4) is 0 Å². The number of thioether (sulfide) groups is 2. The summed E-state index contributed by atoms with van der Waals surface area (Å²) in [5.74, 6) is -3.15. The predicted molar refractivity (Wildman–Crippen MR) is 157 cm³/mol. The third kappa shape index (κ3) is 9.14. The monoisotopic (exact) mass is 734 g/mol. The number of aryl methyl sites for hydroxylation is 1. The summed E-state index contributed by atoms with van der Waals surface area (Å²) in [4.78, 5) is 65.9. The van der Waals surface area contributed by atoms with E-state index in [1.165, 1.54) is 36.0 Å². The van der Waals surface area contributed by atoms with Gasteiger partial charge in [-0.15, -0.1) is 23.1 Å². The number of aromatic amines is 1. The van der Waals surface area contributed by atoms with Gasteiger partial charge in [-0.2, -0.15) is 4.98 Å². The first-order chi connectivity index (χ1) is 20.9. The SMILES string of the molecule is CCOP(=O)(Nc1nc(/C(=N/OC)C([O-])=N[C@@H]2C(=O)N3C(C(=O)[O-])=C(CSc4nc(=O)c(=O)[nH]n4C)CS[C@H]23)cs1)OCC.[Na+].[Na+]. The van der Waals surface area contributed by atoms with Gasteiger partial charge in [0, 0.05) is 29.8 Å². The van der Waals surface area contributed by atoms with E-state index in [4.69, 9.17) is 13.9 Å². The number of aromatic nitrogens is 4. The van der Waals surface area contributed by atoms with Crippen LogP contribution in [0.1, 0.15) is 19.5 Å². The smallest absolute Gasteiger partial charge is 0.857 e. The summed E-state index contributed by atoms with van der Waals surface area (Å²) in [7, 11) is -1.06. The molecule has 4 rings (SSSR count). The minimum atomic E-state index is -3.71. The van der Waals surface area contributed by atoms with Gasteiger partial charge in [-0.05, 0) is 19.4 Å². The van der Waals surface area contributed by atoms with Crippen molar-refractivity contribution in [3.05, 3.63) is 43.1 Å². The fraction of sp³-hybridized carbons (Fsp3) is 0.455. The minimum absolute atomic E-state index is 0. The van der Waals surface area contributed by atoms with Crippen LogP contribution in [-0.4, -0.2) is 91.4 Å². The van der Waals surface area contributed by atoms with Gasteiger partial charge in [-0.1, -0.05) is 16.9 Å². The predicted octanol–water partition coefficient (Wildman–Crippen LogP) is -7.28. The number of aliphatic imine (C=N–C) groups is 1. The Labute approximate surface area is 318 Å². The van der Waals surface area contributed by atoms with E-state index in [0.717, 1.165) is 28.0 Å². The van der Waals surface area contributed by atoms with Crippen molar-refractivity contribution >= 4 is 71.2 Å². The van der Waals surface area contributed by atoms with Crippen LogP contribution in [0.15, 0.2) is 41.5 Å². The molecule has 0 bridgehead atoms. The molecule has 46 heavy (non-hydrogen) atoms. The average Bonchev–Trinajstić information content (AvgIpc) is 3.42. The van der Waals surface area contributed by atoms with Crippen LogP contribution in [0.5, 0.6) is 0 Å². The number of nitrogens with one attached hydrogen (secondary N) is 2. The molecular weight excluding hydrogens is 709 g/mol. The third-order valence-electron chi connectivity index (χ3n) is 5.75. The number of rotatable bonds is 14. The molecule has 1 amide bonds. The van der Waals surface area contributed by atoms with E-state index < -0.39 is 48.1 Å². The van der Waals surface area contributed by atoms with Crippen molar-refractivity contribution < 1.29 is 97.4 Å². The molecule has 1 fully saturated rings. The zero-order valence-electron chi connectivity index (χ0n) is 25.5. The summed E-state index contributed by atoms with van der Waals surface area (Å²) in [5.41, 5.74) is -2.30. The summed E-state index contributed by atoms with van der Waals surface area (Å²) < 4.78 is 24.4. The van der Waals surface area contributed by atoms with Gasteiger partial charge in [0.25, 0.3) is 5.91 Å².